The van der Waals surface area contributed by atoms with E-state index in [1.807, 2.05) is 24.7 Å². The third-order valence-electron chi connectivity index (χ3n) is 6.24. The zero-order chi connectivity index (χ0) is 17.8. The van der Waals surface area contributed by atoms with Crippen LogP contribution in [0.5, 0.6) is 0 Å². The SMILES string of the molecule is CCn1ccnc1CN1CCC(C2CCN(Cc3cccnc3)CC2)C1. The minimum Gasteiger partial charge on any atom is -0.334 e. The van der Waals surface area contributed by atoms with Gasteiger partial charge in [-0.1, -0.05) is 6.07 Å². The number of rotatable bonds is 6. The topological polar surface area (TPSA) is 37.2 Å². The molecule has 0 aliphatic carbocycles. The van der Waals surface area contributed by atoms with Crippen molar-refractivity contribution in [3.63, 3.8) is 0 Å². The van der Waals surface area contributed by atoms with E-state index >= 15 is 0 Å². The van der Waals surface area contributed by atoms with Gasteiger partial charge in [0.25, 0.3) is 0 Å². The van der Waals surface area contributed by atoms with Crippen LogP contribution in [0.4, 0.5) is 0 Å². The van der Waals surface area contributed by atoms with E-state index in [9.17, 15) is 0 Å². The zero-order valence-electron chi connectivity index (χ0n) is 15.9. The van der Waals surface area contributed by atoms with Crippen molar-refractivity contribution in [2.75, 3.05) is 26.2 Å². The lowest BCUT2D eigenvalue weighted by molar-refractivity contribution is 0.140. The smallest absolute Gasteiger partial charge is 0.122 e. The highest BCUT2D eigenvalue weighted by Crippen LogP contribution is 2.32. The lowest BCUT2D eigenvalue weighted by atomic mass is 9.83. The molecule has 26 heavy (non-hydrogen) atoms. The van der Waals surface area contributed by atoms with Gasteiger partial charge in [0, 0.05) is 44.4 Å². The number of hydrogen-bond acceptors (Lipinski definition) is 4. The van der Waals surface area contributed by atoms with Gasteiger partial charge in [-0.2, -0.15) is 0 Å². The largest absolute Gasteiger partial charge is 0.334 e. The molecular weight excluding hydrogens is 322 g/mol. The third-order valence-corrected chi connectivity index (χ3v) is 6.24. The second-order valence-corrected chi connectivity index (χ2v) is 7.89. The van der Waals surface area contributed by atoms with Crippen molar-refractivity contribution in [3.8, 4) is 0 Å². The fourth-order valence-corrected chi connectivity index (χ4v) is 4.70. The van der Waals surface area contributed by atoms with Crippen LogP contribution in [0.25, 0.3) is 0 Å². The lowest BCUT2D eigenvalue weighted by Crippen LogP contribution is -2.36. The first-order valence-corrected chi connectivity index (χ1v) is 10.2. The van der Waals surface area contributed by atoms with E-state index in [1.165, 1.54) is 56.8 Å². The molecule has 2 aromatic heterocycles. The average Bonchev–Trinajstić information content (AvgIpc) is 3.33. The molecule has 1 unspecified atom stereocenters. The fraction of sp³-hybridized carbons (Fsp3) is 0.619. The van der Waals surface area contributed by atoms with E-state index in [4.69, 9.17) is 0 Å². The van der Waals surface area contributed by atoms with Crippen LogP contribution in [0.2, 0.25) is 0 Å². The highest BCUT2D eigenvalue weighted by molar-refractivity contribution is 5.08. The fourth-order valence-electron chi connectivity index (χ4n) is 4.70. The van der Waals surface area contributed by atoms with Crippen molar-refractivity contribution in [2.45, 2.75) is 45.8 Å². The van der Waals surface area contributed by atoms with E-state index in [0.717, 1.165) is 31.5 Å². The number of imidazole rings is 1. The molecule has 4 rings (SSSR count). The molecule has 140 valence electrons. The standard InChI is InChI=1S/C21H31N5/c1-2-26-13-9-23-21(26)17-25-12-7-20(16-25)19-5-10-24(11-6-19)15-18-4-3-8-22-14-18/h3-4,8-9,13-14,19-20H,2,5-7,10-12,15-17H2,1H3. The predicted octanol–water partition coefficient (Wildman–Crippen LogP) is 3.03. The van der Waals surface area contributed by atoms with Gasteiger partial charge in [-0.25, -0.2) is 4.98 Å². The number of aryl methyl sites for hydroxylation is 1. The van der Waals surface area contributed by atoms with Crippen molar-refractivity contribution < 1.29 is 0 Å². The van der Waals surface area contributed by atoms with Crippen LogP contribution in [0, 0.1) is 11.8 Å². The molecular formula is C21H31N5. The van der Waals surface area contributed by atoms with Gasteiger partial charge < -0.3 is 4.57 Å². The van der Waals surface area contributed by atoms with Gasteiger partial charge in [-0.3, -0.25) is 14.8 Å². The summed E-state index contributed by atoms with van der Waals surface area (Å²) < 4.78 is 2.27. The van der Waals surface area contributed by atoms with Crippen LogP contribution in [0.1, 0.15) is 37.6 Å². The highest BCUT2D eigenvalue weighted by Gasteiger charge is 2.32. The molecule has 5 heteroatoms. The minimum atomic E-state index is 0.876. The first-order chi connectivity index (χ1) is 12.8. The molecule has 2 aliphatic rings. The first-order valence-electron chi connectivity index (χ1n) is 10.2. The summed E-state index contributed by atoms with van der Waals surface area (Å²) >= 11 is 0. The summed E-state index contributed by atoms with van der Waals surface area (Å²) in [5, 5.41) is 0. The molecule has 0 spiro atoms. The molecule has 1 atom stereocenters. The van der Waals surface area contributed by atoms with Crippen LogP contribution in [-0.4, -0.2) is 50.5 Å². The maximum absolute atomic E-state index is 4.55. The number of likely N-dealkylation sites (tertiary alicyclic amines) is 2. The Hall–Kier alpha value is -1.72. The molecule has 0 aromatic carbocycles. The molecule has 2 aliphatic heterocycles. The second-order valence-electron chi connectivity index (χ2n) is 7.89. The van der Waals surface area contributed by atoms with Crippen molar-refractivity contribution >= 4 is 0 Å². The van der Waals surface area contributed by atoms with Crippen molar-refractivity contribution in [1.29, 1.82) is 0 Å². The van der Waals surface area contributed by atoms with Gasteiger partial charge in [0.05, 0.1) is 6.54 Å². The Morgan fingerprint density at radius 1 is 1.00 bits per heavy atom. The minimum absolute atomic E-state index is 0.876. The molecule has 0 saturated carbocycles. The predicted molar refractivity (Wildman–Crippen MR) is 104 cm³/mol. The maximum Gasteiger partial charge on any atom is 0.122 e. The van der Waals surface area contributed by atoms with Crippen LogP contribution in [0.3, 0.4) is 0 Å². The molecule has 4 heterocycles. The monoisotopic (exact) mass is 353 g/mol. The summed E-state index contributed by atoms with van der Waals surface area (Å²) in [6.07, 6.45) is 12.0. The van der Waals surface area contributed by atoms with E-state index in [2.05, 4.69) is 43.5 Å². The summed E-state index contributed by atoms with van der Waals surface area (Å²) in [6.45, 7) is 10.2. The van der Waals surface area contributed by atoms with Gasteiger partial charge >= 0.3 is 0 Å². The molecule has 2 fully saturated rings. The van der Waals surface area contributed by atoms with E-state index in [0.29, 0.717) is 0 Å². The number of pyridine rings is 1. The highest BCUT2D eigenvalue weighted by atomic mass is 15.2. The Morgan fingerprint density at radius 2 is 1.81 bits per heavy atom. The summed E-state index contributed by atoms with van der Waals surface area (Å²) in [4.78, 5) is 14.0. The van der Waals surface area contributed by atoms with Crippen LogP contribution < -0.4 is 0 Å². The third kappa shape index (κ3) is 4.15. The number of piperidine rings is 1. The quantitative estimate of drug-likeness (QED) is 0.800. The first kappa shape index (κ1) is 17.7. The number of nitrogens with zero attached hydrogens (tertiary/aromatic N) is 5. The Labute approximate surface area is 157 Å². The van der Waals surface area contributed by atoms with Crippen molar-refractivity contribution in [2.24, 2.45) is 11.8 Å². The molecule has 0 N–H and O–H groups in total. The Balaban J connectivity index is 1.24. The van der Waals surface area contributed by atoms with Gasteiger partial charge in [0.15, 0.2) is 0 Å². The van der Waals surface area contributed by atoms with Gasteiger partial charge in [0.2, 0.25) is 0 Å². The van der Waals surface area contributed by atoms with Crippen molar-refractivity contribution in [3.05, 3.63) is 48.3 Å². The van der Waals surface area contributed by atoms with Gasteiger partial charge in [0.1, 0.15) is 5.82 Å². The summed E-state index contributed by atoms with van der Waals surface area (Å²) in [6, 6.07) is 4.23. The lowest BCUT2D eigenvalue weighted by Gasteiger charge is -2.34. The van der Waals surface area contributed by atoms with Crippen LogP contribution in [-0.2, 0) is 19.6 Å². The molecule has 2 aromatic rings. The Bertz CT molecular complexity index is 675. The maximum atomic E-state index is 4.55. The van der Waals surface area contributed by atoms with E-state index in [-0.39, 0.29) is 0 Å². The zero-order valence-corrected chi connectivity index (χ0v) is 15.9. The molecule has 0 radical (unpaired) electrons. The summed E-state index contributed by atoms with van der Waals surface area (Å²) in [5.74, 6) is 3.00. The average molecular weight is 354 g/mol. The number of aromatic nitrogens is 3. The molecule has 0 amide bonds. The van der Waals surface area contributed by atoms with Gasteiger partial charge in [-0.15, -0.1) is 0 Å². The van der Waals surface area contributed by atoms with Gasteiger partial charge in [-0.05, 0) is 69.3 Å². The second kappa shape index (κ2) is 8.31. The van der Waals surface area contributed by atoms with E-state index < -0.39 is 0 Å². The molecule has 5 nitrogen and oxygen atoms in total. The number of hydrogen-bond donors (Lipinski definition) is 0. The van der Waals surface area contributed by atoms with Crippen LogP contribution >= 0.6 is 0 Å². The molecule has 0 bridgehead atoms. The van der Waals surface area contributed by atoms with E-state index in [1.54, 1.807) is 0 Å². The Kier molecular flexibility index (Phi) is 5.65. The van der Waals surface area contributed by atoms with Crippen LogP contribution in [0.15, 0.2) is 36.9 Å². The summed E-state index contributed by atoms with van der Waals surface area (Å²) in [7, 11) is 0. The Morgan fingerprint density at radius 3 is 2.58 bits per heavy atom. The summed E-state index contributed by atoms with van der Waals surface area (Å²) in [5.41, 5.74) is 1.34. The molecule has 2 saturated heterocycles. The normalized spacial score (nSPS) is 22.9. The van der Waals surface area contributed by atoms with Crippen molar-refractivity contribution in [1.82, 2.24) is 24.3 Å².